The summed E-state index contributed by atoms with van der Waals surface area (Å²) in [6.07, 6.45) is 1.90. The molecule has 0 saturated heterocycles. The van der Waals surface area contributed by atoms with Crippen molar-refractivity contribution >= 4 is 57.3 Å². The SMILES string of the molecule is c1ccc(P(=Nc2ccccc2CCCNCc2ccccc2N=P(c2ccccc2)(c2ccccc2)c2ccccc2)(c2ccccc2)c2ccccc2)cc1. The van der Waals surface area contributed by atoms with E-state index in [1.165, 1.54) is 43.0 Å². The first-order valence-corrected chi connectivity index (χ1v) is 23.2. The van der Waals surface area contributed by atoms with Crippen molar-refractivity contribution in [1.82, 2.24) is 5.32 Å². The first-order valence-electron chi connectivity index (χ1n) is 19.7. The molecule has 0 aliphatic rings. The minimum atomic E-state index is -2.39. The number of rotatable bonds is 14. The van der Waals surface area contributed by atoms with Gasteiger partial charge in [-0.05, 0) is 42.6 Å². The van der Waals surface area contributed by atoms with E-state index in [1.807, 2.05) is 0 Å². The molecule has 8 aromatic rings. The zero-order chi connectivity index (χ0) is 38.6. The van der Waals surface area contributed by atoms with Gasteiger partial charge in [0.1, 0.15) is 0 Å². The molecule has 0 bridgehead atoms. The molecule has 5 heteroatoms. The van der Waals surface area contributed by atoms with Crippen LogP contribution in [0.15, 0.2) is 240 Å². The fourth-order valence-electron chi connectivity index (χ4n) is 7.63. The Morgan fingerprint density at radius 3 is 0.947 bits per heavy atom. The van der Waals surface area contributed by atoms with Gasteiger partial charge in [0.2, 0.25) is 0 Å². The summed E-state index contributed by atoms with van der Waals surface area (Å²) in [5, 5.41) is 11.3. The van der Waals surface area contributed by atoms with Crippen molar-refractivity contribution in [2.75, 3.05) is 6.54 Å². The molecule has 0 atom stereocenters. The summed E-state index contributed by atoms with van der Waals surface area (Å²) >= 11 is 0. The van der Waals surface area contributed by atoms with E-state index in [0.717, 1.165) is 37.3 Å². The highest BCUT2D eigenvalue weighted by Crippen LogP contribution is 2.51. The van der Waals surface area contributed by atoms with Crippen molar-refractivity contribution < 1.29 is 0 Å². The van der Waals surface area contributed by atoms with E-state index in [1.54, 1.807) is 0 Å². The summed E-state index contributed by atoms with van der Waals surface area (Å²) in [6.45, 7) is 1.60. The molecule has 0 unspecified atom stereocenters. The van der Waals surface area contributed by atoms with Gasteiger partial charge >= 0.3 is 0 Å². The van der Waals surface area contributed by atoms with Gasteiger partial charge < -0.3 is 5.32 Å². The van der Waals surface area contributed by atoms with Crippen molar-refractivity contribution in [3.8, 4) is 0 Å². The molecule has 0 spiro atoms. The third-order valence-electron chi connectivity index (χ3n) is 10.4. The van der Waals surface area contributed by atoms with Crippen LogP contribution in [0.25, 0.3) is 0 Å². The van der Waals surface area contributed by atoms with E-state index < -0.39 is 14.1 Å². The maximum atomic E-state index is 5.85. The molecule has 0 aromatic heterocycles. The van der Waals surface area contributed by atoms with Gasteiger partial charge in [-0.15, -0.1) is 0 Å². The van der Waals surface area contributed by atoms with Crippen molar-refractivity contribution in [2.45, 2.75) is 19.4 Å². The summed E-state index contributed by atoms with van der Waals surface area (Å²) < 4.78 is 11.7. The second-order valence-electron chi connectivity index (χ2n) is 14.0. The minimum absolute atomic E-state index is 0.731. The van der Waals surface area contributed by atoms with Crippen LogP contribution in [0.1, 0.15) is 17.5 Å². The third kappa shape index (κ3) is 8.34. The Bertz CT molecular complexity index is 2210. The van der Waals surface area contributed by atoms with Crippen LogP contribution in [-0.2, 0) is 13.0 Å². The molecule has 57 heavy (non-hydrogen) atoms. The molecule has 3 nitrogen and oxygen atoms in total. The van der Waals surface area contributed by atoms with Gasteiger partial charge in [0, 0.05) is 38.4 Å². The monoisotopic (exact) mass is 775 g/mol. The predicted molar refractivity (Wildman–Crippen MR) is 247 cm³/mol. The molecule has 0 amide bonds. The van der Waals surface area contributed by atoms with Crippen LogP contribution in [0.2, 0.25) is 0 Å². The summed E-state index contributed by atoms with van der Waals surface area (Å²) in [4.78, 5) is 0. The van der Waals surface area contributed by atoms with Gasteiger partial charge in [-0.3, -0.25) is 9.49 Å². The molecule has 0 aliphatic carbocycles. The highest BCUT2D eigenvalue weighted by Gasteiger charge is 2.29. The topological polar surface area (TPSA) is 36.8 Å². The van der Waals surface area contributed by atoms with E-state index in [4.69, 9.17) is 9.49 Å². The number of hydrogen-bond donors (Lipinski definition) is 1. The zero-order valence-corrected chi connectivity index (χ0v) is 33.8. The van der Waals surface area contributed by atoms with Crippen LogP contribution in [0.3, 0.4) is 0 Å². The number of benzene rings is 8. The zero-order valence-electron chi connectivity index (χ0n) is 32.1. The van der Waals surface area contributed by atoms with Gasteiger partial charge in [-0.2, -0.15) is 0 Å². The van der Waals surface area contributed by atoms with Crippen LogP contribution in [0.5, 0.6) is 0 Å². The maximum Gasteiger partial charge on any atom is 0.0670 e. The lowest BCUT2D eigenvalue weighted by Crippen LogP contribution is -2.25. The molecule has 8 aromatic carbocycles. The highest BCUT2D eigenvalue weighted by atomic mass is 31.2. The fraction of sp³-hybridized carbons (Fsp3) is 0.0769. The fourth-order valence-corrected chi connectivity index (χ4v) is 14.8. The lowest BCUT2D eigenvalue weighted by atomic mass is 10.1. The first-order chi connectivity index (χ1) is 28.3. The number of nitrogens with zero attached hydrogens (tertiary/aromatic N) is 2. The number of aryl methyl sites for hydroxylation is 1. The average Bonchev–Trinajstić information content (AvgIpc) is 3.30. The van der Waals surface area contributed by atoms with Crippen LogP contribution in [0.4, 0.5) is 11.4 Å². The van der Waals surface area contributed by atoms with E-state index in [9.17, 15) is 0 Å². The Labute approximate surface area is 338 Å². The van der Waals surface area contributed by atoms with Gasteiger partial charge in [-0.1, -0.05) is 218 Å². The lowest BCUT2D eigenvalue weighted by molar-refractivity contribution is 0.650. The van der Waals surface area contributed by atoms with Crippen LogP contribution >= 0.6 is 14.1 Å². The van der Waals surface area contributed by atoms with E-state index >= 15 is 0 Å². The Balaban J connectivity index is 1.09. The van der Waals surface area contributed by atoms with Crippen molar-refractivity contribution in [3.63, 3.8) is 0 Å². The second kappa shape index (κ2) is 18.4. The van der Waals surface area contributed by atoms with Gasteiger partial charge in [0.05, 0.1) is 25.5 Å². The van der Waals surface area contributed by atoms with Crippen LogP contribution in [0, 0.1) is 0 Å². The lowest BCUT2D eigenvalue weighted by Gasteiger charge is -2.27. The molecule has 8 rings (SSSR count). The molecule has 0 fully saturated rings. The van der Waals surface area contributed by atoms with Crippen molar-refractivity contribution in [2.24, 2.45) is 9.49 Å². The molecule has 0 saturated carbocycles. The maximum absolute atomic E-state index is 5.85. The normalized spacial score (nSPS) is 11.5. The quantitative estimate of drug-likeness (QED) is 0.0867. The van der Waals surface area contributed by atoms with Gasteiger partial charge in [-0.25, -0.2) is 0 Å². The van der Waals surface area contributed by atoms with E-state index in [0.29, 0.717) is 0 Å². The van der Waals surface area contributed by atoms with Gasteiger partial charge in [0.15, 0.2) is 0 Å². The first kappa shape index (κ1) is 38.1. The highest BCUT2D eigenvalue weighted by molar-refractivity contribution is 7.88. The molecule has 0 aliphatic heterocycles. The molecular weight excluding hydrogens is 729 g/mol. The Morgan fingerprint density at radius 1 is 0.316 bits per heavy atom. The molecule has 0 heterocycles. The third-order valence-corrected chi connectivity index (χ3v) is 17.7. The second-order valence-corrected chi connectivity index (χ2v) is 20.1. The average molecular weight is 776 g/mol. The minimum Gasteiger partial charge on any atom is -0.313 e. The number of hydrogen-bond acceptors (Lipinski definition) is 3. The number of nitrogens with one attached hydrogen (secondary N) is 1. The molecule has 0 radical (unpaired) electrons. The standard InChI is InChI=1S/C52H47N3P2/c1-7-27-45(28-8-1)56(46-29-9-2-10-30-46,47-31-11-3-12-32-47)54-51-39-21-19-24-43(51)26-23-41-53-42-44-25-20-22-40-52(44)55-57(48-33-13-4-14-34-48,49-35-15-5-16-36-49)50-37-17-6-18-38-50/h1-22,24-25,27-40,53H,23,26,41-42H2. The smallest absolute Gasteiger partial charge is 0.0670 e. The molecule has 280 valence electrons. The van der Waals surface area contributed by atoms with Crippen molar-refractivity contribution in [3.05, 3.63) is 242 Å². The van der Waals surface area contributed by atoms with E-state index in [-0.39, 0.29) is 0 Å². The van der Waals surface area contributed by atoms with Crippen LogP contribution in [-0.4, -0.2) is 6.54 Å². The Morgan fingerprint density at radius 2 is 0.596 bits per heavy atom. The predicted octanol–water partition coefficient (Wildman–Crippen LogP) is 11.0. The molecular formula is C52H47N3P2. The summed E-state index contributed by atoms with van der Waals surface area (Å²) in [6, 6.07) is 82.5. The summed E-state index contributed by atoms with van der Waals surface area (Å²) in [7, 11) is -4.76. The van der Waals surface area contributed by atoms with E-state index in [2.05, 4.69) is 236 Å². The summed E-state index contributed by atoms with van der Waals surface area (Å²) in [5.74, 6) is 0. The largest absolute Gasteiger partial charge is 0.313 e. The summed E-state index contributed by atoms with van der Waals surface area (Å²) in [5.41, 5.74) is 4.56. The molecule has 1 N–H and O–H groups in total. The van der Waals surface area contributed by atoms with Crippen LogP contribution < -0.4 is 37.1 Å². The Hall–Kier alpha value is -5.82. The Kier molecular flexibility index (Phi) is 12.3. The van der Waals surface area contributed by atoms with Crippen molar-refractivity contribution in [1.29, 1.82) is 0 Å². The van der Waals surface area contributed by atoms with Gasteiger partial charge in [0.25, 0.3) is 0 Å².